The minimum absolute atomic E-state index is 0.183. The zero-order valence-electron chi connectivity index (χ0n) is 15.6. The lowest BCUT2D eigenvalue weighted by Gasteiger charge is -2.26. The smallest absolute Gasteiger partial charge is 0.263 e. The Bertz CT molecular complexity index is 835. The third-order valence-corrected chi connectivity index (χ3v) is 5.10. The standard InChI is InChI=1S/C21H27N3O2/c1-16-9-10-19(21(26)23(16)2)20(25)22-14-17-7-6-8-18(13-17)15-24-11-4-3-5-12-24/h6-10,13H,3-5,11-12,14-15H2,1-2H3,(H,22,25). The monoisotopic (exact) mass is 353 g/mol. The zero-order valence-corrected chi connectivity index (χ0v) is 15.6. The molecule has 0 atom stereocenters. The fourth-order valence-electron chi connectivity index (χ4n) is 3.39. The molecule has 1 saturated heterocycles. The molecule has 1 aromatic heterocycles. The molecule has 1 aromatic carbocycles. The average Bonchev–Trinajstić information content (AvgIpc) is 2.65. The Labute approximate surface area is 154 Å². The van der Waals surface area contributed by atoms with Gasteiger partial charge in [-0.2, -0.15) is 0 Å². The zero-order chi connectivity index (χ0) is 18.5. The minimum atomic E-state index is -0.327. The first-order valence-corrected chi connectivity index (χ1v) is 9.29. The lowest BCUT2D eigenvalue weighted by atomic mass is 10.1. The molecule has 5 nitrogen and oxygen atoms in total. The van der Waals surface area contributed by atoms with Crippen LogP contribution in [0.4, 0.5) is 0 Å². The van der Waals surface area contributed by atoms with E-state index in [0.29, 0.717) is 6.54 Å². The molecule has 1 amide bonds. The Balaban J connectivity index is 1.62. The first-order chi connectivity index (χ1) is 12.5. The molecule has 2 heterocycles. The Morgan fingerprint density at radius 2 is 1.81 bits per heavy atom. The molecule has 3 rings (SSSR count). The molecular formula is C21H27N3O2. The van der Waals surface area contributed by atoms with Gasteiger partial charge in [-0.25, -0.2) is 0 Å². The van der Waals surface area contributed by atoms with E-state index in [2.05, 4.69) is 22.3 Å². The van der Waals surface area contributed by atoms with Gasteiger partial charge in [-0.05, 0) is 56.1 Å². The van der Waals surface area contributed by atoms with Crippen LogP contribution in [0.3, 0.4) is 0 Å². The Hall–Kier alpha value is -2.40. The van der Waals surface area contributed by atoms with Crippen LogP contribution in [0.1, 0.15) is 46.4 Å². The summed E-state index contributed by atoms with van der Waals surface area (Å²) < 4.78 is 1.49. The van der Waals surface area contributed by atoms with E-state index in [0.717, 1.165) is 30.9 Å². The van der Waals surface area contributed by atoms with Crippen molar-refractivity contribution in [3.8, 4) is 0 Å². The molecule has 5 heteroatoms. The molecular weight excluding hydrogens is 326 g/mol. The third kappa shape index (κ3) is 4.41. The van der Waals surface area contributed by atoms with E-state index in [4.69, 9.17) is 0 Å². The second kappa shape index (κ2) is 8.32. The highest BCUT2D eigenvalue weighted by atomic mass is 16.2. The summed E-state index contributed by atoms with van der Waals surface area (Å²) >= 11 is 0. The number of nitrogens with zero attached hydrogens (tertiary/aromatic N) is 2. The van der Waals surface area contributed by atoms with Crippen molar-refractivity contribution in [2.24, 2.45) is 7.05 Å². The van der Waals surface area contributed by atoms with E-state index >= 15 is 0 Å². The van der Waals surface area contributed by atoms with Gasteiger partial charge in [0, 0.05) is 25.8 Å². The Kier molecular flexibility index (Phi) is 5.89. The molecule has 26 heavy (non-hydrogen) atoms. The van der Waals surface area contributed by atoms with Crippen molar-refractivity contribution in [2.45, 2.75) is 39.3 Å². The average molecular weight is 353 g/mol. The summed E-state index contributed by atoms with van der Waals surface area (Å²) in [5, 5.41) is 2.87. The number of rotatable bonds is 5. The molecule has 2 aromatic rings. The summed E-state index contributed by atoms with van der Waals surface area (Å²) in [5.74, 6) is -0.327. The molecule has 0 radical (unpaired) electrons. The maximum absolute atomic E-state index is 12.4. The maximum atomic E-state index is 12.4. The summed E-state index contributed by atoms with van der Waals surface area (Å²) in [4.78, 5) is 27.1. The first kappa shape index (κ1) is 18.4. The maximum Gasteiger partial charge on any atom is 0.263 e. The number of hydrogen-bond acceptors (Lipinski definition) is 3. The topological polar surface area (TPSA) is 54.3 Å². The SMILES string of the molecule is Cc1ccc(C(=O)NCc2cccc(CN3CCCCC3)c2)c(=O)n1C. The predicted molar refractivity (Wildman–Crippen MR) is 103 cm³/mol. The van der Waals surface area contributed by atoms with Gasteiger partial charge in [0.25, 0.3) is 11.5 Å². The highest BCUT2D eigenvalue weighted by molar-refractivity contribution is 5.93. The van der Waals surface area contributed by atoms with Gasteiger partial charge in [-0.1, -0.05) is 30.7 Å². The van der Waals surface area contributed by atoms with Gasteiger partial charge in [0.2, 0.25) is 0 Å². The van der Waals surface area contributed by atoms with Crippen LogP contribution >= 0.6 is 0 Å². The lowest BCUT2D eigenvalue weighted by molar-refractivity contribution is 0.0949. The largest absolute Gasteiger partial charge is 0.348 e. The van der Waals surface area contributed by atoms with Crippen LogP contribution in [0.15, 0.2) is 41.2 Å². The van der Waals surface area contributed by atoms with Crippen LogP contribution in [-0.4, -0.2) is 28.5 Å². The number of carbonyl (C=O) groups excluding carboxylic acids is 1. The van der Waals surface area contributed by atoms with Gasteiger partial charge in [0.05, 0.1) is 0 Å². The van der Waals surface area contributed by atoms with Crippen molar-refractivity contribution in [1.82, 2.24) is 14.8 Å². The summed E-state index contributed by atoms with van der Waals surface area (Å²) in [5.41, 5.74) is 3.07. The molecule has 1 N–H and O–H groups in total. The van der Waals surface area contributed by atoms with Gasteiger partial charge < -0.3 is 9.88 Å². The van der Waals surface area contributed by atoms with E-state index in [1.807, 2.05) is 19.1 Å². The van der Waals surface area contributed by atoms with Gasteiger partial charge in [-0.15, -0.1) is 0 Å². The summed E-state index contributed by atoms with van der Waals surface area (Å²) in [6, 6.07) is 11.7. The Morgan fingerprint density at radius 3 is 2.58 bits per heavy atom. The normalized spacial score (nSPS) is 15.0. The van der Waals surface area contributed by atoms with Gasteiger partial charge in [-0.3, -0.25) is 14.5 Å². The van der Waals surface area contributed by atoms with Crippen LogP contribution in [0.5, 0.6) is 0 Å². The highest BCUT2D eigenvalue weighted by Crippen LogP contribution is 2.14. The van der Waals surface area contributed by atoms with Crippen molar-refractivity contribution in [1.29, 1.82) is 0 Å². The van der Waals surface area contributed by atoms with E-state index in [9.17, 15) is 9.59 Å². The van der Waals surface area contributed by atoms with Crippen LogP contribution in [0.25, 0.3) is 0 Å². The minimum Gasteiger partial charge on any atom is -0.348 e. The number of likely N-dealkylation sites (tertiary alicyclic amines) is 1. The van der Waals surface area contributed by atoms with Crippen molar-refractivity contribution < 1.29 is 4.79 Å². The molecule has 1 aliphatic rings. The van der Waals surface area contributed by atoms with E-state index in [1.165, 1.54) is 29.4 Å². The van der Waals surface area contributed by atoms with Gasteiger partial charge in [0.15, 0.2) is 0 Å². The number of aromatic nitrogens is 1. The third-order valence-electron chi connectivity index (χ3n) is 5.10. The molecule has 1 fully saturated rings. The first-order valence-electron chi connectivity index (χ1n) is 9.29. The second-order valence-electron chi connectivity index (χ2n) is 7.09. The molecule has 138 valence electrons. The fraction of sp³-hybridized carbons (Fsp3) is 0.429. The lowest BCUT2D eigenvalue weighted by Crippen LogP contribution is -2.32. The molecule has 1 aliphatic heterocycles. The number of benzene rings is 1. The molecule has 0 spiro atoms. The van der Waals surface area contributed by atoms with E-state index in [-0.39, 0.29) is 17.0 Å². The Morgan fingerprint density at radius 1 is 1.08 bits per heavy atom. The summed E-state index contributed by atoms with van der Waals surface area (Å²) in [6.07, 6.45) is 3.89. The highest BCUT2D eigenvalue weighted by Gasteiger charge is 2.13. The summed E-state index contributed by atoms with van der Waals surface area (Å²) in [6.45, 7) is 5.55. The molecule has 0 aliphatic carbocycles. The molecule has 0 unspecified atom stereocenters. The van der Waals surface area contributed by atoms with E-state index < -0.39 is 0 Å². The number of amides is 1. The van der Waals surface area contributed by atoms with Crippen molar-refractivity contribution in [2.75, 3.05) is 13.1 Å². The molecule has 0 saturated carbocycles. The van der Waals surface area contributed by atoms with Gasteiger partial charge >= 0.3 is 0 Å². The molecule has 0 bridgehead atoms. The van der Waals surface area contributed by atoms with Gasteiger partial charge in [0.1, 0.15) is 5.56 Å². The summed E-state index contributed by atoms with van der Waals surface area (Å²) in [7, 11) is 1.68. The number of hydrogen-bond donors (Lipinski definition) is 1. The van der Waals surface area contributed by atoms with Crippen molar-refractivity contribution in [3.63, 3.8) is 0 Å². The van der Waals surface area contributed by atoms with Crippen molar-refractivity contribution in [3.05, 3.63) is 69.1 Å². The second-order valence-corrected chi connectivity index (χ2v) is 7.09. The van der Waals surface area contributed by atoms with Crippen LogP contribution in [-0.2, 0) is 20.1 Å². The number of carbonyl (C=O) groups is 1. The van der Waals surface area contributed by atoms with Crippen LogP contribution < -0.4 is 10.9 Å². The van der Waals surface area contributed by atoms with Crippen LogP contribution in [0.2, 0.25) is 0 Å². The van der Waals surface area contributed by atoms with Crippen LogP contribution in [0, 0.1) is 6.92 Å². The van der Waals surface area contributed by atoms with E-state index in [1.54, 1.807) is 19.2 Å². The van der Waals surface area contributed by atoms with Crippen molar-refractivity contribution >= 4 is 5.91 Å². The number of nitrogens with one attached hydrogen (secondary N) is 1. The number of piperidine rings is 1. The fourth-order valence-corrected chi connectivity index (χ4v) is 3.39. The predicted octanol–water partition coefficient (Wildman–Crippen LogP) is 2.61. The quantitative estimate of drug-likeness (QED) is 0.899. The number of pyridine rings is 1. The number of aryl methyl sites for hydroxylation is 1.